The van der Waals surface area contributed by atoms with Crippen LogP contribution in [-0.2, 0) is 0 Å². The highest BCUT2D eigenvalue weighted by Crippen LogP contribution is 2.28. The molecular formula is C14H18N2O2. The number of hydrogen-bond donors (Lipinski definition) is 2. The van der Waals surface area contributed by atoms with Crippen molar-refractivity contribution in [1.29, 1.82) is 0 Å². The summed E-state index contributed by atoms with van der Waals surface area (Å²) in [6.07, 6.45) is 1.38. The maximum atomic E-state index is 12.1. The third-order valence-electron chi connectivity index (χ3n) is 3.46. The summed E-state index contributed by atoms with van der Waals surface area (Å²) >= 11 is 0. The minimum atomic E-state index is -0.528. The molecular weight excluding hydrogens is 228 g/mol. The van der Waals surface area contributed by atoms with E-state index in [1.807, 2.05) is 6.07 Å². The summed E-state index contributed by atoms with van der Waals surface area (Å²) in [5.41, 5.74) is 7.21. The molecule has 4 heteroatoms. The number of nitrogens with one attached hydrogen (secondary N) is 1. The molecule has 1 aromatic carbocycles. The van der Waals surface area contributed by atoms with E-state index in [4.69, 9.17) is 5.73 Å². The Balaban J connectivity index is 2.53. The lowest BCUT2D eigenvalue weighted by molar-refractivity contribution is 0.0959. The van der Waals surface area contributed by atoms with Crippen molar-refractivity contribution < 1.29 is 9.59 Å². The van der Waals surface area contributed by atoms with Crippen molar-refractivity contribution >= 4 is 11.7 Å². The Hall–Kier alpha value is -1.68. The number of hydrogen-bond acceptors (Lipinski definition) is 3. The van der Waals surface area contributed by atoms with E-state index >= 15 is 0 Å². The van der Waals surface area contributed by atoms with Gasteiger partial charge in [0.25, 0.3) is 0 Å². The fourth-order valence-electron chi connectivity index (χ4n) is 2.52. The molecule has 1 amide bonds. The zero-order valence-corrected chi connectivity index (χ0v) is 10.5. The topological polar surface area (TPSA) is 72.2 Å². The molecule has 1 atom stereocenters. The van der Waals surface area contributed by atoms with Crippen LogP contribution in [0.5, 0.6) is 0 Å². The molecule has 1 heterocycles. The summed E-state index contributed by atoms with van der Waals surface area (Å²) in [7, 11) is 0. The van der Waals surface area contributed by atoms with Crippen molar-refractivity contribution in [1.82, 2.24) is 5.32 Å². The maximum absolute atomic E-state index is 12.1. The summed E-state index contributed by atoms with van der Waals surface area (Å²) < 4.78 is 0. The average molecular weight is 246 g/mol. The van der Waals surface area contributed by atoms with Gasteiger partial charge in [0.15, 0.2) is 5.78 Å². The van der Waals surface area contributed by atoms with E-state index in [-0.39, 0.29) is 5.78 Å². The van der Waals surface area contributed by atoms with E-state index in [1.54, 1.807) is 19.1 Å². The Morgan fingerprint density at radius 1 is 1.44 bits per heavy atom. The van der Waals surface area contributed by atoms with Gasteiger partial charge >= 0.3 is 0 Å². The molecule has 0 radical (unpaired) electrons. The van der Waals surface area contributed by atoms with Gasteiger partial charge in [0.05, 0.1) is 5.56 Å². The molecule has 1 fully saturated rings. The van der Waals surface area contributed by atoms with Gasteiger partial charge in [-0.15, -0.1) is 0 Å². The van der Waals surface area contributed by atoms with Crippen molar-refractivity contribution in [2.75, 3.05) is 13.1 Å². The maximum Gasteiger partial charge on any atom is 0.249 e. The van der Waals surface area contributed by atoms with Crippen LogP contribution in [-0.4, -0.2) is 24.8 Å². The normalized spacial score (nSPS) is 18.8. The Morgan fingerprint density at radius 3 is 2.78 bits per heavy atom. The second-order valence-corrected chi connectivity index (χ2v) is 4.60. The molecule has 2 rings (SSSR count). The number of carbonyl (C=O) groups excluding carboxylic acids is 2. The molecule has 1 unspecified atom stereocenters. The van der Waals surface area contributed by atoms with Gasteiger partial charge in [-0.05, 0) is 30.5 Å². The minimum Gasteiger partial charge on any atom is -0.366 e. The van der Waals surface area contributed by atoms with Gasteiger partial charge in [0, 0.05) is 18.5 Å². The molecule has 1 saturated heterocycles. The Labute approximate surface area is 107 Å². The van der Waals surface area contributed by atoms with Gasteiger partial charge in [-0.25, -0.2) is 0 Å². The van der Waals surface area contributed by atoms with Gasteiger partial charge in [0.2, 0.25) is 5.91 Å². The lowest BCUT2D eigenvalue weighted by Crippen LogP contribution is -2.19. The van der Waals surface area contributed by atoms with Gasteiger partial charge in [-0.2, -0.15) is 0 Å². The van der Waals surface area contributed by atoms with Crippen molar-refractivity contribution in [2.45, 2.75) is 25.7 Å². The zero-order valence-electron chi connectivity index (χ0n) is 10.5. The molecule has 0 aromatic heterocycles. The van der Waals surface area contributed by atoms with E-state index in [0.717, 1.165) is 25.1 Å². The second-order valence-electron chi connectivity index (χ2n) is 4.60. The third kappa shape index (κ3) is 2.29. The van der Waals surface area contributed by atoms with Crippen LogP contribution in [0.1, 0.15) is 52.0 Å². The highest BCUT2D eigenvalue weighted by molar-refractivity contribution is 6.08. The molecule has 1 aliphatic heterocycles. The van der Waals surface area contributed by atoms with E-state index < -0.39 is 5.91 Å². The van der Waals surface area contributed by atoms with Crippen molar-refractivity contribution in [2.24, 2.45) is 5.73 Å². The summed E-state index contributed by atoms with van der Waals surface area (Å²) in [5.74, 6) is -0.235. The quantitative estimate of drug-likeness (QED) is 0.790. The first-order valence-electron chi connectivity index (χ1n) is 6.31. The van der Waals surface area contributed by atoms with Crippen molar-refractivity contribution in [3.8, 4) is 0 Å². The van der Waals surface area contributed by atoms with E-state index in [9.17, 15) is 9.59 Å². The van der Waals surface area contributed by atoms with Crippen LogP contribution in [0.2, 0.25) is 0 Å². The first kappa shape index (κ1) is 12.8. The minimum absolute atomic E-state index is 0.00806. The summed E-state index contributed by atoms with van der Waals surface area (Å²) in [4.78, 5) is 23.6. The zero-order chi connectivity index (χ0) is 13.1. The largest absolute Gasteiger partial charge is 0.366 e. The number of amides is 1. The first-order chi connectivity index (χ1) is 8.65. The number of rotatable bonds is 4. The fourth-order valence-corrected chi connectivity index (χ4v) is 2.52. The number of benzene rings is 1. The van der Waals surface area contributed by atoms with Crippen LogP contribution < -0.4 is 11.1 Å². The molecule has 3 N–H and O–H groups in total. The predicted octanol–water partition coefficient (Wildman–Crippen LogP) is 1.46. The number of carbonyl (C=O) groups is 2. The Bertz CT molecular complexity index is 477. The van der Waals surface area contributed by atoms with Gasteiger partial charge < -0.3 is 11.1 Å². The number of nitrogens with two attached hydrogens (primary N) is 1. The lowest BCUT2D eigenvalue weighted by Gasteiger charge is -2.16. The standard InChI is InChI=1S/C14H18N2O2/c1-2-12(17)13-10(9-6-7-16-8-9)4-3-5-11(13)14(15)18/h3-5,9,16H,2,6-8H2,1H3,(H2,15,18). The van der Waals surface area contributed by atoms with Crippen molar-refractivity contribution in [3.63, 3.8) is 0 Å². The van der Waals surface area contributed by atoms with Crippen LogP contribution in [0.3, 0.4) is 0 Å². The van der Waals surface area contributed by atoms with E-state index in [1.165, 1.54) is 0 Å². The van der Waals surface area contributed by atoms with Gasteiger partial charge in [0.1, 0.15) is 0 Å². The van der Waals surface area contributed by atoms with Gasteiger partial charge in [-0.3, -0.25) is 9.59 Å². The predicted molar refractivity (Wildman–Crippen MR) is 69.8 cm³/mol. The summed E-state index contributed by atoms with van der Waals surface area (Å²) in [5, 5.41) is 3.28. The number of ketones is 1. The first-order valence-corrected chi connectivity index (χ1v) is 6.31. The van der Waals surface area contributed by atoms with Crippen LogP contribution in [0.15, 0.2) is 18.2 Å². The monoisotopic (exact) mass is 246 g/mol. The SMILES string of the molecule is CCC(=O)c1c(C(N)=O)cccc1C1CCNC1. The molecule has 96 valence electrons. The molecule has 0 saturated carbocycles. The van der Waals surface area contributed by atoms with E-state index in [2.05, 4.69) is 5.32 Å². The molecule has 0 spiro atoms. The van der Waals surface area contributed by atoms with Gasteiger partial charge in [-0.1, -0.05) is 19.1 Å². The smallest absolute Gasteiger partial charge is 0.249 e. The molecule has 1 aromatic rings. The number of primary amides is 1. The Kier molecular flexibility index (Phi) is 3.77. The molecule has 18 heavy (non-hydrogen) atoms. The number of Topliss-reactive ketones (excluding diaryl/α,β-unsaturated/α-hetero) is 1. The van der Waals surface area contributed by atoms with Crippen LogP contribution in [0, 0.1) is 0 Å². The van der Waals surface area contributed by atoms with Crippen LogP contribution >= 0.6 is 0 Å². The van der Waals surface area contributed by atoms with Crippen molar-refractivity contribution in [3.05, 3.63) is 34.9 Å². The summed E-state index contributed by atoms with van der Waals surface area (Å²) in [6.45, 7) is 3.61. The molecule has 0 aliphatic carbocycles. The highest BCUT2D eigenvalue weighted by atomic mass is 16.1. The highest BCUT2D eigenvalue weighted by Gasteiger charge is 2.25. The third-order valence-corrected chi connectivity index (χ3v) is 3.46. The molecule has 0 bridgehead atoms. The second kappa shape index (κ2) is 5.31. The van der Waals surface area contributed by atoms with Crippen LogP contribution in [0.4, 0.5) is 0 Å². The Morgan fingerprint density at radius 2 is 2.22 bits per heavy atom. The van der Waals surface area contributed by atoms with Crippen LogP contribution in [0.25, 0.3) is 0 Å². The summed E-state index contributed by atoms with van der Waals surface area (Å²) in [6, 6.07) is 5.38. The fraction of sp³-hybridized carbons (Fsp3) is 0.429. The molecule has 4 nitrogen and oxygen atoms in total. The average Bonchev–Trinajstić information content (AvgIpc) is 2.90. The molecule has 1 aliphatic rings. The van der Waals surface area contributed by atoms with E-state index in [0.29, 0.717) is 23.5 Å². The lowest BCUT2D eigenvalue weighted by atomic mass is 9.87.